The molecule has 0 spiro atoms. The number of benzene rings is 1. The molecule has 1 aliphatic rings. The quantitative estimate of drug-likeness (QED) is 0.856. The predicted octanol–water partition coefficient (Wildman–Crippen LogP) is 2.59. The van der Waals surface area contributed by atoms with Crippen LogP contribution in [0.2, 0.25) is 0 Å². The summed E-state index contributed by atoms with van der Waals surface area (Å²) in [6.07, 6.45) is 2.29. The first kappa shape index (κ1) is 15.7. The molecule has 0 radical (unpaired) electrons. The van der Waals surface area contributed by atoms with Crippen LogP contribution in [0, 0.1) is 0 Å². The Labute approximate surface area is 139 Å². The van der Waals surface area contributed by atoms with Crippen molar-refractivity contribution in [2.45, 2.75) is 38.8 Å². The van der Waals surface area contributed by atoms with Crippen LogP contribution in [0.15, 0.2) is 29.6 Å². The third-order valence-corrected chi connectivity index (χ3v) is 4.76. The third kappa shape index (κ3) is 3.59. The highest BCUT2D eigenvalue weighted by Gasteiger charge is 2.29. The molecule has 0 saturated carbocycles. The van der Waals surface area contributed by atoms with E-state index < -0.39 is 0 Å². The van der Waals surface area contributed by atoms with Gasteiger partial charge in [-0.3, -0.25) is 9.59 Å². The molecule has 2 heterocycles. The van der Waals surface area contributed by atoms with E-state index in [0.29, 0.717) is 12.1 Å². The van der Waals surface area contributed by atoms with E-state index in [9.17, 15) is 9.59 Å². The Morgan fingerprint density at radius 3 is 3.04 bits per heavy atom. The van der Waals surface area contributed by atoms with Crippen LogP contribution < -0.4 is 10.6 Å². The Bertz CT molecular complexity index is 726. The number of carbonyl (C=O) groups excluding carboxylic acids is 2. The number of thiazole rings is 1. The van der Waals surface area contributed by atoms with Gasteiger partial charge < -0.3 is 10.6 Å². The number of nitrogens with zero attached hydrogens (tertiary/aromatic N) is 1. The topological polar surface area (TPSA) is 71.1 Å². The van der Waals surface area contributed by atoms with Crippen LogP contribution in [0.5, 0.6) is 0 Å². The molecule has 120 valence electrons. The van der Waals surface area contributed by atoms with Crippen molar-refractivity contribution < 1.29 is 9.59 Å². The smallest absolute Gasteiger partial charge is 0.252 e. The van der Waals surface area contributed by atoms with Gasteiger partial charge >= 0.3 is 0 Å². The van der Waals surface area contributed by atoms with Crippen LogP contribution in [0.3, 0.4) is 0 Å². The summed E-state index contributed by atoms with van der Waals surface area (Å²) in [6.45, 7) is 2.55. The molecule has 1 aliphatic heterocycles. The van der Waals surface area contributed by atoms with E-state index in [4.69, 9.17) is 0 Å². The van der Waals surface area contributed by atoms with Gasteiger partial charge in [0.2, 0.25) is 5.91 Å². The number of hydrogen-bond acceptors (Lipinski definition) is 4. The first-order valence-corrected chi connectivity index (χ1v) is 8.65. The summed E-state index contributed by atoms with van der Waals surface area (Å²) in [4.78, 5) is 28.5. The van der Waals surface area contributed by atoms with Crippen molar-refractivity contribution in [2.75, 3.05) is 0 Å². The monoisotopic (exact) mass is 329 g/mol. The van der Waals surface area contributed by atoms with E-state index in [1.54, 1.807) is 17.4 Å². The molecular formula is C17H19N3O2S. The van der Waals surface area contributed by atoms with Crippen molar-refractivity contribution in [1.82, 2.24) is 15.6 Å². The average Bonchev–Trinajstić information content (AvgIpc) is 3.12. The zero-order chi connectivity index (χ0) is 16.2. The lowest BCUT2D eigenvalue weighted by molar-refractivity contribution is -0.121. The largest absolute Gasteiger partial charge is 0.350 e. The molecular weight excluding hydrogens is 310 g/mol. The van der Waals surface area contributed by atoms with Crippen LogP contribution in [0.1, 0.15) is 52.4 Å². The third-order valence-electron chi connectivity index (χ3n) is 3.81. The van der Waals surface area contributed by atoms with Gasteiger partial charge in [0.1, 0.15) is 0 Å². The molecule has 1 aromatic heterocycles. The fraction of sp³-hybridized carbons (Fsp3) is 0.353. The van der Waals surface area contributed by atoms with Gasteiger partial charge in [0.15, 0.2) is 0 Å². The highest BCUT2D eigenvalue weighted by Crippen LogP contribution is 2.27. The molecule has 2 amide bonds. The zero-order valence-electron chi connectivity index (χ0n) is 13.0. The molecule has 2 aromatic rings. The molecule has 0 fully saturated rings. The number of fused-ring (bicyclic) bond motifs is 1. The van der Waals surface area contributed by atoms with Crippen LogP contribution in [0.25, 0.3) is 0 Å². The number of nitrogens with one attached hydrogen (secondary N) is 2. The number of carbonyl (C=O) groups is 2. The fourth-order valence-electron chi connectivity index (χ4n) is 2.69. The Balaban J connectivity index is 1.55. The molecule has 6 heteroatoms. The summed E-state index contributed by atoms with van der Waals surface area (Å²) in [5.74, 6) is -0.195. The summed E-state index contributed by atoms with van der Waals surface area (Å²) in [5, 5.41) is 8.83. The molecule has 1 atom stereocenters. The minimum Gasteiger partial charge on any atom is -0.350 e. The van der Waals surface area contributed by atoms with Crippen LogP contribution in [-0.4, -0.2) is 16.8 Å². The van der Waals surface area contributed by atoms with Crippen molar-refractivity contribution in [3.63, 3.8) is 0 Å². The lowest BCUT2D eigenvalue weighted by Crippen LogP contribution is -2.28. The average molecular weight is 329 g/mol. The highest BCUT2D eigenvalue weighted by molar-refractivity contribution is 7.09. The summed E-state index contributed by atoms with van der Waals surface area (Å²) >= 11 is 1.63. The Hall–Kier alpha value is -2.21. The molecule has 0 saturated heterocycles. The number of rotatable bonds is 6. The van der Waals surface area contributed by atoms with Gasteiger partial charge in [0.05, 0.1) is 29.7 Å². The number of amides is 2. The highest BCUT2D eigenvalue weighted by atomic mass is 32.1. The first-order valence-electron chi connectivity index (χ1n) is 7.77. The Morgan fingerprint density at radius 1 is 1.39 bits per heavy atom. The standard InChI is InChI=1S/C17H19N3O2S/c1-2-5-16-19-11(10-23-16)9-18-15(21)8-14-12-6-3-4-7-13(12)17(22)20-14/h3-4,6-7,10,14H,2,5,8-9H2,1H3,(H,18,21)(H,20,22)/t14-/m1/s1. The first-order chi connectivity index (χ1) is 11.2. The van der Waals surface area contributed by atoms with E-state index in [0.717, 1.165) is 29.1 Å². The number of aromatic nitrogens is 1. The summed E-state index contributed by atoms with van der Waals surface area (Å²) in [7, 11) is 0. The molecule has 0 bridgehead atoms. The van der Waals surface area contributed by atoms with Crippen molar-refractivity contribution in [2.24, 2.45) is 0 Å². The maximum Gasteiger partial charge on any atom is 0.252 e. The van der Waals surface area contributed by atoms with Gasteiger partial charge in [-0.25, -0.2) is 4.98 Å². The van der Waals surface area contributed by atoms with E-state index in [1.165, 1.54) is 0 Å². The van der Waals surface area contributed by atoms with E-state index >= 15 is 0 Å². The number of aryl methyl sites for hydroxylation is 1. The van der Waals surface area contributed by atoms with Gasteiger partial charge in [-0.1, -0.05) is 25.1 Å². The molecule has 3 rings (SSSR count). The van der Waals surface area contributed by atoms with E-state index in [-0.39, 0.29) is 24.3 Å². The fourth-order valence-corrected chi connectivity index (χ4v) is 3.59. The van der Waals surface area contributed by atoms with Crippen LogP contribution in [0.4, 0.5) is 0 Å². The minimum atomic E-state index is -0.246. The summed E-state index contributed by atoms with van der Waals surface area (Å²) < 4.78 is 0. The Morgan fingerprint density at radius 2 is 2.22 bits per heavy atom. The summed E-state index contributed by atoms with van der Waals surface area (Å²) in [5.41, 5.74) is 2.45. The van der Waals surface area contributed by atoms with Gasteiger partial charge in [0, 0.05) is 10.9 Å². The second kappa shape index (κ2) is 6.91. The van der Waals surface area contributed by atoms with E-state index in [1.807, 2.05) is 23.6 Å². The SMILES string of the molecule is CCCc1nc(CNC(=O)C[C@H]2NC(=O)c3ccccc32)cs1. The molecule has 0 unspecified atom stereocenters. The summed E-state index contributed by atoms with van der Waals surface area (Å²) in [6, 6.07) is 7.14. The Kier molecular flexibility index (Phi) is 4.71. The van der Waals surface area contributed by atoms with Gasteiger partial charge in [-0.2, -0.15) is 0 Å². The second-order valence-corrected chi connectivity index (χ2v) is 6.52. The van der Waals surface area contributed by atoms with Gasteiger partial charge in [-0.05, 0) is 24.5 Å². The molecule has 23 heavy (non-hydrogen) atoms. The molecule has 5 nitrogen and oxygen atoms in total. The molecule has 0 aliphatic carbocycles. The zero-order valence-corrected chi connectivity index (χ0v) is 13.8. The van der Waals surface area contributed by atoms with Crippen molar-refractivity contribution >= 4 is 23.2 Å². The van der Waals surface area contributed by atoms with Gasteiger partial charge in [0.25, 0.3) is 5.91 Å². The normalized spacial score (nSPS) is 16.0. The minimum absolute atomic E-state index is 0.0861. The van der Waals surface area contributed by atoms with E-state index in [2.05, 4.69) is 22.5 Å². The van der Waals surface area contributed by atoms with Crippen molar-refractivity contribution in [3.05, 3.63) is 51.5 Å². The van der Waals surface area contributed by atoms with Crippen molar-refractivity contribution in [1.29, 1.82) is 0 Å². The second-order valence-electron chi connectivity index (χ2n) is 5.58. The van der Waals surface area contributed by atoms with Crippen LogP contribution in [-0.2, 0) is 17.8 Å². The molecule has 2 N–H and O–H groups in total. The maximum absolute atomic E-state index is 12.1. The van der Waals surface area contributed by atoms with Crippen LogP contribution >= 0.6 is 11.3 Å². The lowest BCUT2D eigenvalue weighted by atomic mass is 10.0. The number of hydrogen-bond donors (Lipinski definition) is 2. The predicted molar refractivity (Wildman–Crippen MR) is 89.2 cm³/mol. The lowest BCUT2D eigenvalue weighted by Gasteiger charge is -2.11. The molecule has 1 aromatic carbocycles. The van der Waals surface area contributed by atoms with Crippen molar-refractivity contribution in [3.8, 4) is 0 Å². The van der Waals surface area contributed by atoms with Gasteiger partial charge in [-0.15, -0.1) is 11.3 Å². The maximum atomic E-state index is 12.1.